The van der Waals surface area contributed by atoms with Gasteiger partial charge in [0.1, 0.15) is 5.75 Å². The molecule has 1 saturated heterocycles. The van der Waals surface area contributed by atoms with E-state index in [0.29, 0.717) is 30.9 Å². The Kier molecular flexibility index (Phi) is 8.48. The lowest BCUT2D eigenvalue weighted by molar-refractivity contribution is -0.117. The molecule has 2 N–H and O–H groups in total. The Labute approximate surface area is 206 Å². The standard InChI is InChI=1S/C28H32N4O3/c1-22-11-13-23(14-12-22)29-28(34)21-32-19-17-31(18-20-32)16-15-27(33)30-25-9-5-6-10-26(25)35-24-7-3-2-4-8-24/h2-14H,15-21H2,1H3,(H,29,34)(H,30,33). The first-order chi connectivity index (χ1) is 17.0. The molecule has 0 atom stereocenters. The fourth-order valence-corrected chi connectivity index (χ4v) is 3.96. The summed E-state index contributed by atoms with van der Waals surface area (Å²) in [6.07, 6.45) is 0.396. The largest absolute Gasteiger partial charge is 0.455 e. The SMILES string of the molecule is Cc1ccc(NC(=O)CN2CCN(CCC(=O)Nc3ccccc3Oc3ccccc3)CC2)cc1. The Morgan fingerprint density at radius 2 is 1.43 bits per heavy atom. The third-order valence-electron chi connectivity index (χ3n) is 5.95. The highest BCUT2D eigenvalue weighted by Gasteiger charge is 2.20. The van der Waals surface area contributed by atoms with Crippen molar-refractivity contribution in [2.45, 2.75) is 13.3 Å². The monoisotopic (exact) mass is 472 g/mol. The van der Waals surface area contributed by atoms with Crippen LogP contribution in [0.25, 0.3) is 0 Å². The van der Waals surface area contributed by atoms with Crippen LogP contribution >= 0.6 is 0 Å². The van der Waals surface area contributed by atoms with Crippen LogP contribution in [-0.2, 0) is 9.59 Å². The predicted octanol–water partition coefficient (Wildman–Crippen LogP) is 4.37. The van der Waals surface area contributed by atoms with E-state index >= 15 is 0 Å². The molecule has 35 heavy (non-hydrogen) atoms. The van der Waals surface area contributed by atoms with Crippen molar-refractivity contribution >= 4 is 23.2 Å². The summed E-state index contributed by atoms with van der Waals surface area (Å²) >= 11 is 0. The number of para-hydroxylation sites is 3. The fraction of sp³-hybridized carbons (Fsp3) is 0.286. The van der Waals surface area contributed by atoms with Crippen molar-refractivity contribution in [1.82, 2.24) is 9.80 Å². The maximum absolute atomic E-state index is 12.6. The summed E-state index contributed by atoms with van der Waals surface area (Å²) in [5.41, 5.74) is 2.64. The molecule has 1 heterocycles. The van der Waals surface area contributed by atoms with Gasteiger partial charge in [-0.15, -0.1) is 0 Å². The van der Waals surface area contributed by atoms with Crippen molar-refractivity contribution in [2.24, 2.45) is 0 Å². The first-order valence-corrected chi connectivity index (χ1v) is 12.0. The number of hydrogen-bond donors (Lipinski definition) is 2. The van der Waals surface area contributed by atoms with E-state index in [1.165, 1.54) is 0 Å². The zero-order valence-corrected chi connectivity index (χ0v) is 20.1. The number of carbonyl (C=O) groups excluding carboxylic acids is 2. The maximum atomic E-state index is 12.6. The van der Waals surface area contributed by atoms with Gasteiger partial charge in [0, 0.05) is 44.8 Å². The van der Waals surface area contributed by atoms with E-state index in [9.17, 15) is 9.59 Å². The summed E-state index contributed by atoms with van der Waals surface area (Å²) in [6, 6.07) is 24.8. The van der Waals surface area contributed by atoms with Gasteiger partial charge in [0.05, 0.1) is 12.2 Å². The van der Waals surface area contributed by atoms with E-state index in [2.05, 4.69) is 20.4 Å². The van der Waals surface area contributed by atoms with E-state index in [1.807, 2.05) is 85.8 Å². The summed E-state index contributed by atoms with van der Waals surface area (Å²) in [6.45, 7) is 6.34. The lowest BCUT2D eigenvalue weighted by atomic mass is 10.2. The highest BCUT2D eigenvalue weighted by Crippen LogP contribution is 2.29. The molecule has 7 heteroatoms. The molecule has 2 amide bonds. The van der Waals surface area contributed by atoms with Crippen molar-refractivity contribution in [2.75, 3.05) is 49.9 Å². The van der Waals surface area contributed by atoms with Crippen LogP contribution < -0.4 is 15.4 Å². The average molecular weight is 473 g/mol. The minimum Gasteiger partial charge on any atom is -0.455 e. The van der Waals surface area contributed by atoms with Crippen LogP contribution in [0.1, 0.15) is 12.0 Å². The first-order valence-electron chi connectivity index (χ1n) is 12.0. The normalized spacial score (nSPS) is 14.3. The Morgan fingerprint density at radius 1 is 0.771 bits per heavy atom. The molecular formula is C28H32N4O3. The van der Waals surface area contributed by atoms with Gasteiger partial charge >= 0.3 is 0 Å². The highest BCUT2D eigenvalue weighted by atomic mass is 16.5. The number of carbonyl (C=O) groups is 2. The van der Waals surface area contributed by atoms with Crippen molar-refractivity contribution in [1.29, 1.82) is 0 Å². The number of ether oxygens (including phenoxy) is 1. The van der Waals surface area contributed by atoms with E-state index in [4.69, 9.17) is 4.74 Å². The van der Waals surface area contributed by atoms with Gasteiger partial charge in [-0.3, -0.25) is 14.5 Å². The minimum atomic E-state index is -0.0472. The van der Waals surface area contributed by atoms with Crippen LogP contribution in [0.4, 0.5) is 11.4 Å². The average Bonchev–Trinajstić information content (AvgIpc) is 2.87. The molecule has 0 radical (unpaired) electrons. The number of nitrogens with one attached hydrogen (secondary N) is 2. The quantitative estimate of drug-likeness (QED) is 0.484. The van der Waals surface area contributed by atoms with Crippen molar-refractivity contribution in [3.63, 3.8) is 0 Å². The molecule has 1 fully saturated rings. The lowest BCUT2D eigenvalue weighted by Gasteiger charge is -2.34. The molecule has 4 rings (SSSR count). The second-order valence-corrected chi connectivity index (χ2v) is 8.74. The van der Waals surface area contributed by atoms with E-state index in [-0.39, 0.29) is 11.8 Å². The summed E-state index contributed by atoms with van der Waals surface area (Å²) in [4.78, 5) is 29.4. The molecule has 182 valence electrons. The molecule has 0 bridgehead atoms. The molecule has 7 nitrogen and oxygen atoms in total. The van der Waals surface area contributed by atoms with Crippen molar-refractivity contribution < 1.29 is 14.3 Å². The first kappa shape index (κ1) is 24.4. The van der Waals surface area contributed by atoms with Gasteiger partial charge in [0.15, 0.2) is 5.75 Å². The maximum Gasteiger partial charge on any atom is 0.238 e. The highest BCUT2D eigenvalue weighted by molar-refractivity contribution is 5.93. The van der Waals surface area contributed by atoms with E-state index in [1.54, 1.807) is 0 Å². The van der Waals surface area contributed by atoms with Crippen LogP contribution in [0.15, 0.2) is 78.9 Å². The van der Waals surface area contributed by atoms with Crippen molar-refractivity contribution in [3.05, 3.63) is 84.4 Å². The topological polar surface area (TPSA) is 73.9 Å². The smallest absolute Gasteiger partial charge is 0.238 e. The number of aryl methyl sites for hydroxylation is 1. The van der Waals surface area contributed by atoms with Gasteiger partial charge in [-0.2, -0.15) is 0 Å². The van der Waals surface area contributed by atoms with Crippen LogP contribution in [0.2, 0.25) is 0 Å². The van der Waals surface area contributed by atoms with Crippen LogP contribution in [0, 0.1) is 6.92 Å². The Hall–Kier alpha value is -3.68. The molecular weight excluding hydrogens is 440 g/mol. The Bertz CT molecular complexity index is 1110. The molecule has 1 aliphatic rings. The zero-order valence-electron chi connectivity index (χ0n) is 20.1. The van der Waals surface area contributed by atoms with Crippen LogP contribution in [0.5, 0.6) is 11.5 Å². The predicted molar refractivity (Wildman–Crippen MR) is 139 cm³/mol. The molecule has 0 spiro atoms. The van der Waals surface area contributed by atoms with E-state index in [0.717, 1.165) is 43.2 Å². The van der Waals surface area contributed by atoms with Gasteiger partial charge in [-0.25, -0.2) is 0 Å². The molecule has 1 aliphatic heterocycles. The lowest BCUT2D eigenvalue weighted by Crippen LogP contribution is -2.49. The summed E-state index contributed by atoms with van der Waals surface area (Å²) < 4.78 is 5.93. The number of piperazine rings is 1. The summed E-state index contributed by atoms with van der Waals surface area (Å²) in [5, 5.41) is 5.93. The Morgan fingerprint density at radius 3 is 2.17 bits per heavy atom. The number of benzene rings is 3. The number of nitrogens with zero attached hydrogens (tertiary/aromatic N) is 2. The second kappa shape index (κ2) is 12.1. The van der Waals surface area contributed by atoms with Gasteiger partial charge < -0.3 is 20.3 Å². The molecule has 3 aromatic rings. The Balaban J connectivity index is 1.18. The van der Waals surface area contributed by atoms with Gasteiger partial charge in [-0.05, 0) is 43.3 Å². The van der Waals surface area contributed by atoms with Gasteiger partial charge in [-0.1, -0.05) is 48.0 Å². The number of hydrogen-bond acceptors (Lipinski definition) is 5. The third kappa shape index (κ3) is 7.67. The number of anilines is 2. The number of rotatable bonds is 9. The molecule has 0 unspecified atom stereocenters. The summed E-state index contributed by atoms with van der Waals surface area (Å²) in [7, 11) is 0. The third-order valence-corrected chi connectivity index (χ3v) is 5.95. The molecule has 0 aromatic heterocycles. The molecule has 0 saturated carbocycles. The van der Waals surface area contributed by atoms with Crippen LogP contribution in [-0.4, -0.2) is 60.9 Å². The molecule has 0 aliphatic carbocycles. The zero-order chi connectivity index (χ0) is 24.5. The fourth-order valence-electron chi connectivity index (χ4n) is 3.96. The van der Waals surface area contributed by atoms with E-state index < -0.39 is 0 Å². The minimum absolute atomic E-state index is 0.00179. The number of amides is 2. The van der Waals surface area contributed by atoms with Crippen molar-refractivity contribution in [3.8, 4) is 11.5 Å². The van der Waals surface area contributed by atoms with Gasteiger partial charge in [0.25, 0.3) is 0 Å². The molecule has 3 aromatic carbocycles. The summed E-state index contributed by atoms with van der Waals surface area (Å²) in [5.74, 6) is 1.29. The second-order valence-electron chi connectivity index (χ2n) is 8.74. The van der Waals surface area contributed by atoms with Crippen LogP contribution in [0.3, 0.4) is 0 Å². The van der Waals surface area contributed by atoms with Gasteiger partial charge in [0.2, 0.25) is 11.8 Å².